The first-order chi connectivity index (χ1) is 11.1. The van der Waals surface area contributed by atoms with Crippen LogP contribution in [0, 0.1) is 6.92 Å². The van der Waals surface area contributed by atoms with E-state index in [1.54, 1.807) is 0 Å². The number of benzene rings is 2. The van der Waals surface area contributed by atoms with Gasteiger partial charge in [-0.05, 0) is 61.5 Å². The quantitative estimate of drug-likeness (QED) is 0.839. The zero-order valence-electron chi connectivity index (χ0n) is 13.3. The molecule has 2 aromatic carbocycles. The minimum Gasteiger partial charge on any atom is -0.486 e. The second-order valence-electron chi connectivity index (χ2n) is 5.59. The molecule has 0 radical (unpaired) electrons. The number of aryl methyl sites for hydroxylation is 1. The highest BCUT2D eigenvalue weighted by Gasteiger charge is 2.15. The summed E-state index contributed by atoms with van der Waals surface area (Å²) in [6.45, 7) is 5.31. The topological polar surface area (TPSA) is 42.5 Å². The van der Waals surface area contributed by atoms with Gasteiger partial charge in [0.05, 0.1) is 6.04 Å². The van der Waals surface area contributed by atoms with E-state index >= 15 is 0 Å². The van der Waals surface area contributed by atoms with Crippen molar-refractivity contribution in [3.63, 3.8) is 0 Å². The van der Waals surface area contributed by atoms with Crippen LogP contribution in [0.3, 0.4) is 0 Å². The fourth-order valence-electron chi connectivity index (χ4n) is 2.50. The van der Waals surface area contributed by atoms with Crippen LogP contribution in [0.15, 0.2) is 42.5 Å². The Balaban J connectivity index is 1.64. The molecule has 1 heterocycles. The third-order valence-corrected chi connectivity index (χ3v) is 3.91. The van der Waals surface area contributed by atoms with Crippen LogP contribution in [-0.2, 0) is 0 Å². The predicted octanol–water partition coefficient (Wildman–Crippen LogP) is 3.81. The van der Waals surface area contributed by atoms with Crippen LogP contribution in [0.5, 0.6) is 11.5 Å². The lowest BCUT2D eigenvalue weighted by molar-refractivity contribution is 0.171. The molecule has 1 aliphatic heterocycles. The zero-order valence-corrected chi connectivity index (χ0v) is 14.1. The Hall–Kier alpha value is -2.27. The van der Waals surface area contributed by atoms with Crippen LogP contribution in [0.2, 0.25) is 0 Å². The van der Waals surface area contributed by atoms with Gasteiger partial charge in [-0.2, -0.15) is 0 Å². The van der Waals surface area contributed by atoms with Crippen LogP contribution in [0.4, 0.5) is 5.69 Å². The summed E-state index contributed by atoms with van der Waals surface area (Å²) in [6, 6.07) is 14.2. The molecule has 23 heavy (non-hydrogen) atoms. The monoisotopic (exact) mass is 328 g/mol. The van der Waals surface area contributed by atoms with Crippen molar-refractivity contribution in [2.45, 2.75) is 19.9 Å². The van der Waals surface area contributed by atoms with Gasteiger partial charge in [0.25, 0.3) is 0 Å². The summed E-state index contributed by atoms with van der Waals surface area (Å²) in [6.07, 6.45) is 0. The second kappa shape index (κ2) is 6.87. The standard InChI is InChI=1S/C18H20N2O2S/c1-12-4-3-5-15(10-12)20-18(23)19-13(2)14-6-7-16-17(11-14)22-9-8-21-16/h3-7,10-11,13H,8-9H2,1-2H3,(H2,19,20,23)/t13-/m1/s1. The molecule has 0 unspecified atom stereocenters. The molecule has 4 nitrogen and oxygen atoms in total. The summed E-state index contributed by atoms with van der Waals surface area (Å²) < 4.78 is 11.2. The van der Waals surface area contributed by atoms with E-state index in [1.807, 2.05) is 30.3 Å². The van der Waals surface area contributed by atoms with Gasteiger partial charge in [0.2, 0.25) is 0 Å². The fraction of sp³-hybridized carbons (Fsp3) is 0.278. The predicted molar refractivity (Wildman–Crippen MR) is 96.4 cm³/mol. The maximum Gasteiger partial charge on any atom is 0.171 e. The number of ether oxygens (including phenoxy) is 2. The van der Waals surface area contributed by atoms with E-state index in [0.717, 1.165) is 22.7 Å². The molecule has 2 N–H and O–H groups in total. The van der Waals surface area contributed by atoms with Crippen LogP contribution in [0.1, 0.15) is 24.1 Å². The maximum atomic E-state index is 5.63. The fourth-order valence-corrected chi connectivity index (χ4v) is 2.79. The van der Waals surface area contributed by atoms with E-state index in [-0.39, 0.29) is 6.04 Å². The zero-order chi connectivity index (χ0) is 16.2. The Kier molecular flexibility index (Phi) is 4.67. The highest BCUT2D eigenvalue weighted by Crippen LogP contribution is 2.32. The lowest BCUT2D eigenvalue weighted by atomic mass is 10.1. The molecule has 0 fully saturated rings. The molecule has 0 aliphatic carbocycles. The van der Waals surface area contributed by atoms with E-state index in [4.69, 9.17) is 21.7 Å². The molecule has 3 rings (SSSR count). The molecule has 0 spiro atoms. The van der Waals surface area contributed by atoms with Gasteiger partial charge in [0.15, 0.2) is 16.6 Å². The Morgan fingerprint density at radius 1 is 1.09 bits per heavy atom. The van der Waals surface area contributed by atoms with Crippen molar-refractivity contribution in [3.8, 4) is 11.5 Å². The number of anilines is 1. The van der Waals surface area contributed by atoms with Gasteiger partial charge < -0.3 is 20.1 Å². The van der Waals surface area contributed by atoms with Gasteiger partial charge in [-0.25, -0.2) is 0 Å². The van der Waals surface area contributed by atoms with Gasteiger partial charge in [0.1, 0.15) is 13.2 Å². The van der Waals surface area contributed by atoms with Crippen LogP contribution >= 0.6 is 12.2 Å². The Bertz CT molecular complexity index is 718. The highest BCUT2D eigenvalue weighted by molar-refractivity contribution is 7.80. The molecular weight excluding hydrogens is 308 g/mol. The molecule has 0 bridgehead atoms. The third-order valence-electron chi connectivity index (χ3n) is 3.69. The number of nitrogens with one attached hydrogen (secondary N) is 2. The SMILES string of the molecule is Cc1cccc(NC(=S)N[C@H](C)c2ccc3c(c2)OCCO3)c1. The van der Waals surface area contributed by atoms with Crippen molar-refractivity contribution < 1.29 is 9.47 Å². The Morgan fingerprint density at radius 3 is 2.65 bits per heavy atom. The molecule has 0 saturated carbocycles. The lowest BCUT2D eigenvalue weighted by Crippen LogP contribution is -2.31. The van der Waals surface area contributed by atoms with Crippen molar-refractivity contribution in [2.24, 2.45) is 0 Å². The van der Waals surface area contributed by atoms with Crippen molar-refractivity contribution in [3.05, 3.63) is 53.6 Å². The molecule has 120 valence electrons. The summed E-state index contributed by atoms with van der Waals surface area (Å²) in [5.41, 5.74) is 3.28. The highest BCUT2D eigenvalue weighted by atomic mass is 32.1. The van der Waals surface area contributed by atoms with Crippen molar-refractivity contribution in [1.82, 2.24) is 5.32 Å². The smallest absolute Gasteiger partial charge is 0.171 e. The number of rotatable bonds is 3. The molecule has 1 aliphatic rings. The van der Waals surface area contributed by atoms with Gasteiger partial charge in [-0.1, -0.05) is 18.2 Å². The first-order valence-electron chi connectivity index (χ1n) is 7.65. The van der Waals surface area contributed by atoms with Crippen LogP contribution in [-0.4, -0.2) is 18.3 Å². The minimum absolute atomic E-state index is 0.0654. The molecule has 5 heteroatoms. The molecule has 0 saturated heterocycles. The number of fused-ring (bicyclic) bond motifs is 1. The van der Waals surface area contributed by atoms with Crippen LogP contribution in [0.25, 0.3) is 0 Å². The number of hydrogen-bond acceptors (Lipinski definition) is 3. The first-order valence-corrected chi connectivity index (χ1v) is 8.06. The molecule has 1 atom stereocenters. The van der Waals surface area contributed by atoms with Crippen molar-refractivity contribution in [2.75, 3.05) is 18.5 Å². The van der Waals surface area contributed by atoms with E-state index in [9.17, 15) is 0 Å². The maximum absolute atomic E-state index is 5.63. The van der Waals surface area contributed by atoms with Gasteiger partial charge in [0, 0.05) is 5.69 Å². The normalized spacial score (nSPS) is 14.0. The lowest BCUT2D eigenvalue weighted by Gasteiger charge is -2.22. The van der Waals surface area contributed by atoms with Gasteiger partial charge in [-0.3, -0.25) is 0 Å². The largest absolute Gasteiger partial charge is 0.486 e. The third kappa shape index (κ3) is 3.93. The molecule has 2 aromatic rings. The number of thiocarbonyl (C=S) groups is 1. The average molecular weight is 328 g/mol. The van der Waals surface area contributed by atoms with E-state index in [1.165, 1.54) is 5.56 Å². The minimum atomic E-state index is 0.0654. The average Bonchev–Trinajstić information content (AvgIpc) is 2.54. The second-order valence-corrected chi connectivity index (χ2v) is 6.00. The van der Waals surface area contributed by atoms with Crippen molar-refractivity contribution >= 4 is 23.0 Å². The van der Waals surface area contributed by atoms with Crippen molar-refractivity contribution in [1.29, 1.82) is 0 Å². The Labute approximate surface area is 141 Å². The van der Waals surface area contributed by atoms with Gasteiger partial charge in [-0.15, -0.1) is 0 Å². The molecule has 0 aromatic heterocycles. The summed E-state index contributed by atoms with van der Waals surface area (Å²) in [4.78, 5) is 0. The molecule has 0 amide bonds. The number of hydrogen-bond donors (Lipinski definition) is 2. The van der Waals surface area contributed by atoms with E-state index < -0.39 is 0 Å². The summed E-state index contributed by atoms with van der Waals surface area (Å²) in [5.74, 6) is 1.59. The van der Waals surface area contributed by atoms with Gasteiger partial charge >= 0.3 is 0 Å². The van der Waals surface area contributed by atoms with E-state index in [0.29, 0.717) is 18.3 Å². The summed E-state index contributed by atoms with van der Waals surface area (Å²) in [7, 11) is 0. The Morgan fingerprint density at radius 2 is 1.87 bits per heavy atom. The first kappa shape index (κ1) is 15.6. The molecular formula is C18H20N2O2S. The summed E-state index contributed by atoms with van der Waals surface area (Å²) in [5, 5.41) is 7.10. The van der Waals surface area contributed by atoms with Crippen LogP contribution < -0.4 is 20.1 Å². The van der Waals surface area contributed by atoms with E-state index in [2.05, 4.69) is 36.6 Å². The summed E-state index contributed by atoms with van der Waals surface area (Å²) >= 11 is 5.40.